The summed E-state index contributed by atoms with van der Waals surface area (Å²) in [7, 11) is 0. The SMILES string of the molecule is NC(=S)c1ccc(COc2cc(Br)ccc2Cl)c(F)c1. The predicted molar refractivity (Wildman–Crippen MR) is 85.8 cm³/mol. The van der Waals surface area contributed by atoms with Gasteiger partial charge in [0.05, 0.1) is 5.02 Å². The third kappa shape index (κ3) is 3.69. The molecule has 0 spiro atoms. The Hall–Kier alpha value is -1.17. The fraction of sp³-hybridized carbons (Fsp3) is 0.0714. The molecule has 2 N–H and O–H groups in total. The monoisotopic (exact) mass is 373 g/mol. The van der Waals surface area contributed by atoms with Crippen molar-refractivity contribution >= 4 is 44.7 Å². The van der Waals surface area contributed by atoms with E-state index in [0.29, 0.717) is 21.9 Å². The van der Waals surface area contributed by atoms with Gasteiger partial charge in [-0.15, -0.1) is 0 Å². The highest BCUT2D eigenvalue weighted by Crippen LogP contribution is 2.28. The maximum absolute atomic E-state index is 13.9. The predicted octanol–water partition coefficient (Wildman–Crippen LogP) is 4.45. The number of rotatable bonds is 4. The Balaban J connectivity index is 2.15. The van der Waals surface area contributed by atoms with E-state index in [1.165, 1.54) is 6.07 Å². The molecule has 20 heavy (non-hydrogen) atoms. The Morgan fingerprint density at radius 2 is 2.05 bits per heavy atom. The molecular weight excluding hydrogens is 365 g/mol. The lowest BCUT2D eigenvalue weighted by molar-refractivity contribution is 0.300. The Morgan fingerprint density at radius 1 is 1.30 bits per heavy atom. The van der Waals surface area contributed by atoms with Crippen LogP contribution in [0.5, 0.6) is 5.75 Å². The van der Waals surface area contributed by atoms with Gasteiger partial charge in [0.25, 0.3) is 0 Å². The van der Waals surface area contributed by atoms with E-state index in [-0.39, 0.29) is 11.6 Å². The normalized spacial score (nSPS) is 10.3. The summed E-state index contributed by atoms with van der Waals surface area (Å²) in [5, 5.41) is 0.466. The van der Waals surface area contributed by atoms with E-state index in [0.717, 1.165) is 4.47 Å². The largest absolute Gasteiger partial charge is 0.487 e. The van der Waals surface area contributed by atoms with Crippen molar-refractivity contribution < 1.29 is 9.13 Å². The van der Waals surface area contributed by atoms with Crippen molar-refractivity contribution in [3.05, 3.63) is 62.8 Å². The molecule has 0 aliphatic carbocycles. The van der Waals surface area contributed by atoms with Gasteiger partial charge in [0.2, 0.25) is 0 Å². The minimum Gasteiger partial charge on any atom is -0.487 e. The van der Waals surface area contributed by atoms with E-state index < -0.39 is 5.82 Å². The first-order chi connectivity index (χ1) is 9.47. The van der Waals surface area contributed by atoms with Gasteiger partial charge in [0, 0.05) is 15.6 Å². The number of benzene rings is 2. The summed E-state index contributed by atoms with van der Waals surface area (Å²) in [5.74, 6) is 0.0697. The highest BCUT2D eigenvalue weighted by molar-refractivity contribution is 9.10. The van der Waals surface area contributed by atoms with E-state index in [9.17, 15) is 4.39 Å². The average Bonchev–Trinajstić information content (AvgIpc) is 2.40. The van der Waals surface area contributed by atoms with Crippen LogP contribution in [0, 0.1) is 5.82 Å². The molecule has 2 aromatic carbocycles. The van der Waals surface area contributed by atoms with Crippen molar-refractivity contribution in [2.45, 2.75) is 6.61 Å². The van der Waals surface area contributed by atoms with Crippen LogP contribution in [-0.4, -0.2) is 4.99 Å². The van der Waals surface area contributed by atoms with Crippen molar-refractivity contribution in [1.82, 2.24) is 0 Å². The van der Waals surface area contributed by atoms with Crippen LogP contribution in [0.15, 0.2) is 40.9 Å². The second-order valence-corrected chi connectivity index (χ2v) is 5.80. The molecule has 0 aliphatic heterocycles. The molecule has 0 saturated carbocycles. The van der Waals surface area contributed by atoms with E-state index in [4.69, 9.17) is 34.3 Å². The Morgan fingerprint density at radius 3 is 2.70 bits per heavy atom. The van der Waals surface area contributed by atoms with Gasteiger partial charge >= 0.3 is 0 Å². The van der Waals surface area contributed by atoms with Crippen LogP contribution >= 0.6 is 39.7 Å². The maximum atomic E-state index is 13.9. The third-order valence-corrected chi connectivity index (χ3v) is 3.66. The fourth-order valence-corrected chi connectivity index (χ4v) is 2.20. The van der Waals surface area contributed by atoms with Gasteiger partial charge in [0.1, 0.15) is 23.2 Å². The summed E-state index contributed by atoms with van der Waals surface area (Å²) in [5.41, 5.74) is 6.34. The summed E-state index contributed by atoms with van der Waals surface area (Å²) >= 11 is 14.1. The zero-order valence-corrected chi connectivity index (χ0v) is 13.4. The molecule has 2 nitrogen and oxygen atoms in total. The molecule has 6 heteroatoms. The van der Waals surface area contributed by atoms with E-state index in [2.05, 4.69) is 15.9 Å². The second kappa shape index (κ2) is 6.52. The number of thiocarbonyl (C=S) groups is 1. The van der Waals surface area contributed by atoms with Gasteiger partial charge in [-0.2, -0.15) is 0 Å². The van der Waals surface area contributed by atoms with Crippen LogP contribution in [0.1, 0.15) is 11.1 Å². The highest BCUT2D eigenvalue weighted by Gasteiger charge is 2.08. The molecule has 2 aromatic rings. The molecule has 0 saturated heterocycles. The molecule has 0 fully saturated rings. The standard InChI is InChI=1S/C14H10BrClFNOS/c15-10-3-4-11(16)13(6-10)19-7-9-2-1-8(14(18)20)5-12(9)17/h1-6H,7H2,(H2,18,20). The van der Waals surface area contributed by atoms with Crippen molar-refractivity contribution in [1.29, 1.82) is 0 Å². The van der Waals surface area contributed by atoms with Gasteiger partial charge < -0.3 is 10.5 Å². The lowest BCUT2D eigenvalue weighted by Crippen LogP contribution is -2.10. The molecule has 0 aromatic heterocycles. The molecule has 0 unspecified atom stereocenters. The van der Waals surface area contributed by atoms with E-state index in [1.54, 1.807) is 30.3 Å². The molecule has 0 bridgehead atoms. The van der Waals surface area contributed by atoms with Crippen LogP contribution in [-0.2, 0) is 6.61 Å². The fourth-order valence-electron chi connectivity index (χ4n) is 1.56. The highest BCUT2D eigenvalue weighted by atomic mass is 79.9. The van der Waals surface area contributed by atoms with Gasteiger partial charge in [-0.1, -0.05) is 51.9 Å². The molecule has 0 amide bonds. The number of ether oxygens (including phenoxy) is 1. The van der Waals surface area contributed by atoms with Crippen molar-refractivity contribution in [3.63, 3.8) is 0 Å². The number of hydrogen-bond acceptors (Lipinski definition) is 2. The van der Waals surface area contributed by atoms with Gasteiger partial charge in [0.15, 0.2) is 0 Å². The molecule has 0 atom stereocenters. The summed E-state index contributed by atoms with van der Waals surface area (Å²) in [4.78, 5) is 0.159. The maximum Gasteiger partial charge on any atom is 0.139 e. The quantitative estimate of drug-likeness (QED) is 0.803. The summed E-state index contributed by atoms with van der Waals surface area (Å²) in [6.45, 7) is 0.0691. The summed E-state index contributed by atoms with van der Waals surface area (Å²) in [6, 6.07) is 9.77. The van der Waals surface area contributed by atoms with Crippen LogP contribution < -0.4 is 10.5 Å². The van der Waals surface area contributed by atoms with Gasteiger partial charge in [-0.25, -0.2) is 4.39 Å². The van der Waals surface area contributed by atoms with E-state index in [1.807, 2.05) is 0 Å². The first kappa shape index (κ1) is 15.2. The topological polar surface area (TPSA) is 35.2 Å². The molecule has 2 rings (SSSR count). The molecular formula is C14H10BrClFNOS. The lowest BCUT2D eigenvalue weighted by Gasteiger charge is -2.10. The summed E-state index contributed by atoms with van der Waals surface area (Å²) < 4.78 is 20.2. The van der Waals surface area contributed by atoms with Crippen molar-refractivity contribution in [2.24, 2.45) is 5.73 Å². The number of hydrogen-bond donors (Lipinski definition) is 1. The minimum atomic E-state index is -0.415. The first-order valence-corrected chi connectivity index (χ1v) is 7.21. The average molecular weight is 375 g/mol. The van der Waals surface area contributed by atoms with Gasteiger partial charge in [-0.3, -0.25) is 0 Å². The third-order valence-electron chi connectivity index (χ3n) is 2.61. The van der Waals surface area contributed by atoms with Crippen molar-refractivity contribution in [2.75, 3.05) is 0 Å². The van der Waals surface area contributed by atoms with Crippen LogP contribution in [0.3, 0.4) is 0 Å². The Labute approximate surface area is 134 Å². The van der Waals surface area contributed by atoms with Crippen LogP contribution in [0.25, 0.3) is 0 Å². The number of halogens is 3. The summed E-state index contributed by atoms with van der Waals surface area (Å²) in [6.07, 6.45) is 0. The van der Waals surface area contributed by atoms with Gasteiger partial charge in [-0.05, 0) is 24.3 Å². The minimum absolute atomic E-state index is 0.0691. The molecule has 0 aliphatic rings. The zero-order valence-electron chi connectivity index (χ0n) is 10.2. The van der Waals surface area contributed by atoms with Crippen molar-refractivity contribution in [3.8, 4) is 5.75 Å². The Kier molecular flexibility index (Phi) is 4.96. The number of nitrogens with two attached hydrogens (primary N) is 1. The molecule has 104 valence electrons. The smallest absolute Gasteiger partial charge is 0.139 e. The lowest BCUT2D eigenvalue weighted by atomic mass is 10.1. The van der Waals surface area contributed by atoms with Crippen LogP contribution in [0.4, 0.5) is 4.39 Å². The van der Waals surface area contributed by atoms with Crippen LogP contribution in [0.2, 0.25) is 5.02 Å². The van der Waals surface area contributed by atoms with E-state index >= 15 is 0 Å². The zero-order chi connectivity index (χ0) is 14.7. The molecule has 0 radical (unpaired) electrons. The Bertz CT molecular complexity index is 666. The second-order valence-electron chi connectivity index (χ2n) is 4.03. The molecule has 0 heterocycles. The first-order valence-electron chi connectivity index (χ1n) is 5.63.